The van der Waals surface area contributed by atoms with E-state index in [4.69, 9.17) is 12.2 Å². The summed E-state index contributed by atoms with van der Waals surface area (Å²) in [6.45, 7) is 1.92. The molecule has 2 aromatic rings. The molecule has 108 valence electrons. The average Bonchev–Trinajstić information content (AvgIpc) is 2.43. The van der Waals surface area contributed by atoms with Crippen molar-refractivity contribution >= 4 is 51.6 Å². The summed E-state index contributed by atoms with van der Waals surface area (Å²) in [6, 6.07) is 13.3. The first-order valence-corrected chi connectivity index (χ1v) is 7.81. The van der Waals surface area contributed by atoms with Gasteiger partial charge in [-0.15, -0.1) is 0 Å². The molecule has 1 aromatic carbocycles. The van der Waals surface area contributed by atoms with Gasteiger partial charge in [0.2, 0.25) is 5.91 Å². The van der Waals surface area contributed by atoms with E-state index in [2.05, 4.69) is 38.2 Å². The van der Waals surface area contributed by atoms with Gasteiger partial charge in [0.1, 0.15) is 5.82 Å². The number of benzene rings is 1. The van der Waals surface area contributed by atoms with Crippen molar-refractivity contribution in [3.63, 3.8) is 0 Å². The van der Waals surface area contributed by atoms with Crippen LogP contribution in [0, 0.1) is 10.5 Å². The first-order chi connectivity index (χ1) is 10.0. The molecule has 0 aliphatic rings. The van der Waals surface area contributed by atoms with Crippen LogP contribution in [0.5, 0.6) is 0 Å². The highest BCUT2D eigenvalue weighted by Crippen LogP contribution is 2.12. The lowest BCUT2D eigenvalue weighted by Gasteiger charge is -2.10. The van der Waals surface area contributed by atoms with Crippen molar-refractivity contribution in [2.24, 2.45) is 0 Å². The molecule has 4 nitrogen and oxygen atoms in total. The number of amides is 1. The summed E-state index contributed by atoms with van der Waals surface area (Å²) in [5, 5.41) is 5.82. The van der Waals surface area contributed by atoms with Crippen molar-refractivity contribution < 1.29 is 4.79 Å². The molecule has 6 heteroatoms. The van der Waals surface area contributed by atoms with Crippen molar-refractivity contribution in [1.82, 2.24) is 10.3 Å². The van der Waals surface area contributed by atoms with E-state index < -0.39 is 0 Å². The third kappa shape index (κ3) is 5.05. The number of anilines is 1. The van der Waals surface area contributed by atoms with E-state index in [0.717, 1.165) is 14.8 Å². The second-order valence-corrected chi connectivity index (χ2v) is 6.00. The molecule has 1 amide bonds. The molecular weight excluding hydrogens is 397 g/mol. The maximum Gasteiger partial charge on any atom is 0.230 e. The van der Waals surface area contributed by atoms with E-state index in [1.807, 2.05) is 49.4 Å². The molecule has 0 unspecified atom stereocenters. The van der Waals surface area contributed by atoms with Crippen LogP contribution in [0.15, 0.2) is 42.5 Å². The third-order valence-electron chi connectivity index (χ3n) is 2.72. The van der Waals surface area contributed by atoms with Crippen LogP contribution in [0.4, 0.5) is 5.82 Å². The van der Waals surface area contributed by atoms with Crippen molar-refractivity contribution in [3.05, 3.63) is 57.3 Å². The molecule has 2 rings (SSSR count). The molecule has 2 N–H and O–H groups in total. The monoisotopic (exact) mass is 411 g/mol. The summed E-state index contributed by atoms with van der Waals surface area (Å²) in [5.74, 6) is 0.471. The normalized spacial score (nSPS) is 10.0. The predicted molar refractivity (Wildman–Crippen MR) is 96.2 cm³/mol. The average molecular weight is 411 g/mol. The van der Waals surface area contributed by atoms with Crippen LogP contribution in [0.2, 0.25) is 0 Å². The number of aromatic nitrogens is 1. The van der Waals surface area contributed by atoms with Gasteiger partial charge in [-0.25, -0.2) is 4.98 Å². The molecule has 0 fully saturated rings. The Kier molecular flexibility index (Phi) is 5.63. The summed E-state index contributed by atoms with van der Waals surface area (Å²) in [7, 11) is 0. The molecular formula is C15H14IN3OS. The number of rotatable bonds is 3. The fourth-order valence-electron chi connectivity index (χ4n) is 1.71. The standard InChI is InChI=1S/C15H14IN3OS/c1-10-12(16)7-8-13(17-10)18-15(21)19-14(20)9-11-5-3-2-4-6-11/h2-8H,9H2,1H3,(H2,17,18,19,20,21). The molecule has 1 aromatic heterocycles. The quantitative estimate of drug-likeness (QED) is 0.603. The molecule has 1 heterocycles. The zero-order valence-corrected chi connectivity index (χ0v) is 14.4. The van der Waals surface area contributed by atoms with Gasteiger partial charge in [-0.3, -0.25) is 4.79 Å². The first-order valence-electron chi connectivity index (χ1n) is 6.32. The molecule has 0 saturated heterocycles. The highest BCUT2D eigenvalue weighted by molar-refractivity contribution is 14.1. The topological polar surface area (TPSA) is 54.0 Å². The van der Waals surface area contributed by atoms with Crippen molar-refractivity contribution in [2.45, 2.75) is 13.3 Å². The highest BCUT2D eigenvalue weighted by atomic mass is 127. The number of nitrogens with zero attached hydrogens (tertiary/aromatic N) is 1. The predicted octanol–water partition coefficient (Wildman–Crippen LogP) is 3.05. The Bertz CT molecular complexity index is 661. The van der Waals surface area contributed by atoms with E-state index in [1.165, 1.54) is 0 Å². The first kappa shape index (κ1) is 15.8. The number of carbonyl (C=O) groups excluding carboxylic acids is 1. The molecule has 0 spiro atoms. The minimum Gasteiger partial charge on any atom is -0.317 e. The number of hydrogen-bond acceptors (Lipinski definition) is 3. The van der Waals surface area contributed by atoms with E-state index in [9.17, 15) is 4.79 Å². The van der Waals surface area contributed by atoms with Gasteiger partial charge in [0.15, 0.2) is 5.11 Å². The summed E-state index contributed by atoms with van der Waals surface area (Å²) < 4.78 is 1.08. The Morgan fingerprint density at radius 3 is 2.62 bits per heavy atom. The van der Waals surface area contributed by atoms with Gasteiger partial charge in [-0.2, -0.15) is 0 Å². The van der Waals surface area contributed by atoms with Crippen LogP contribution in [0.1, 0.15) is 11.3 Å². The van der Waals surface area contributed by atoms with Crippen LogP contribution < -0.4 is 10.6 Å². The molecule has 0 aliphatic heterocycles. The Labute approximate surface area is 142 Å². The van der Waals surface area contributed by atoms with E-state index in [-0.39, 0.29) is 11.0 Å². The van der Waals surface area contributed by atoms with Gasteiger partial charge in [-0.05, 0) is 59.4 Å². The SMILES string of the molecule is Cc1nc(NC(=S)NC(=O)Cc2ccccc2)ccc1I. The Hall–Kier alpha value is -1.54. The number of pyridine rings is 1. The molecule has 0 aliphatic carbocycles. The fourth-order valence-corrected chi connectivity index (χ4v) is 2.23. The van der Waals surface area contributed by atoms with Gasteiger partial charge in [-0.1, -0.05) is 30.3 Å². The van der Waals surface area contributed by atoms with Gasteiger partial charge in [0.05, 0.1) is 12.1 Å². The van der Waals surface area contributed by atoms with Crippen molar-refractivity contribution in [2.75, 3.05) is 5.32 Å². The Morgan fingerprint density at radius 2 is 1.95 bits per heavy atom. The molecule has 0 radical (unpaired) electrons. The van der Waals surface area contributed by atoms with E-state index in [0.29, 0.717) is 12.2 Å². The maximum absolute atomic E-state index is 11.9. The molecule has 0 bridgehead atoms. The van der Waals surface area contributed by atoms with E-state index in [1.54, 1.807) is 0 Å². The van der Waals surface area contributed by atoms with Gasteiger partial charge in [0.25, 0.3) is 0 Å². The molecule has 0 atom stereocenters. The van der Waals surface area contributed by atoms with Crippen LogP contribution in [0.25, 0.3) is 0 Å². The van der Waals surface area contributed by atoms with Gasteiger partial charge < -0.3 is 10.6 Å². The highest BCUT2D eigenvalue weighted by Gasteiger charge is 2.07. The Balaban J connectivity index is 1.89. The number of carbonyl (C=O) groups is 1. The summed E-state index contributed by atoms with van der Waals surface area (Å²) in [6.07, 6.45) is 0.293. The van der Waals surface area contributed by atoms with Crippen molar-refractivity contribution in [3.8, 4) is 0 Å². The number of nitrogens with one attached hydrogen (secondary N) is 2. The smallest absolute Gasteiger partial charge is 0.230 e. The molecule has 0 saturated carbocycles. The number of aryl methyl sites for hydroxylation is 1. The lowest BCUT2D eigenvalue weighted by molar-refractivity contribution is -0.119. The Morgan fingerprint density at radius 1 is 1.24 bits per heavy atom. The minimum atomic E-state index is -0.152. The lowest BCUT2D eigenvalue weighted by Crippen LogP contribution is -2.35. The fraction of sp³-hybridized carbons (Fsp3) is 0.133. The largest absolute Gasteiger partial charge is 0.317 e. The lowest BCUT2D eigenvalue weighted by atomic mass is 10.1. The summed E-state index contributed by atoms with van der Waals surface area (Å²) in [4.78, 5) is 16.2. The van der Waals surface area contributed by atoms with Crippen molar-refractivity contribution in [1.29, 1.82) is 0 Å². The maximum atomic E-state index is 11.9. The zero-order chi connectivity index (χ0) is 15.2. The molecule has 21 heavy (non-hydrogen) atoms. The van der Waals surface area contributed by atoms with Crippen LogP contribution in [0.3, 0.4) is 0 Å². The summed E-state index contributed by atoms with van der Waals surface area (Å²) >= 11 is 7.33. The number of halogens is 1. The third-order valence-corrected chi connectivity index (χ3v) is 4.07. The van der Waals surface area contributed by atoms with Crippen LogP contribution in [-0.4, -0.2) is 16.0 Å². The number of hydrogen-bond donors (Lipinski definition) is 2. The second kappa shape index (κ2) is 7.46. The van der Waals surface area contributed by atoms with Gasteiger partial charge >= 0.3 is 0 Å². The summed E-state index contributed by atoms with van der Waals surface area (Å²) in [5.41, 5.74) is 1.86. The van der Waals surface area contributed by atoms with Crippen LogP contribution >= 0.6 is 34.8 Å². The van der Waals surface area contributed by atoms with E-state index >= 15 is 0 Å². The van der Waals surface area contributed by atoms with Crippen LogP contribution in [-0.2, 0) is 11.2 Å². The van der Waals surface area contributed by atoms with Gasteiger partial charge in [0, 0.05) is 3.57 Å². The second-order valence-electron chi connectivity index (χ2n) is 4.43. The number of thiocarbonyl (C=S) groups is 1. The zero-order valence-electron chi connectivity index (χ0n) is 11.4. The minimum absolute atomic E-state index is 0.152.